The molecule has 1 unspecified atom stereocenters. The van der Waals surface area contributed by atoms with Crippen molar-refractivity contribution in [3.05, 3.63) is 64.0 Å². The lowest BCUT2D eigenvalue weighted by Crippen LogP contribution is -2.32. The Balaban J connectivity index is 1.52. The largest absolute Gasteiger partial charge is 0.497 e. The molecule has 4 aromatic rings. The third kappa shape index (κ3) is 6.22. The topological polar surface area (TPSA) is 146 Å². The predicted molar refractivity (Wildman–Crippen MR) is 153 cm³/mol. The van der Waals surface area contributed by atoms with E-state index in [2.05, 4.69) is 15.3 Å². The van der Waals surface area contributed by atoms with Gasteiger partial charge in [-0.3, -0.25) is 4.79 Å². The van der Waals surface area contributed by atoms with E-state index in [1.165, 1.54) is 7.11 Å². The van der Waals surface area contributed by atoms with Crippen molar-refractivity contribution in [1.29, 1.82) is 0 Å². The molecule has 0 aliphatic rings. The molecule has 2 heterocycles. The van der Waals surface area contributed by atoms with Gasteiger partial charge >= 0.3 is 17.9 Å². The zero-order valence-corrected chi connectivity index (χ0v) is 24.0. The molecule has 0 bridgehead atoms. The molecule has 0 aliphatic carbocycles. The highest BCUT2D eigenvalue weighted by atomic mass is 32.1. The monoisotopic (exact) mass is 579 g/mol. The fourth-order valence-corrected chi connectivity index (χ4v) is 5.17. The van der Waals surface area contributed by atoms with Crippen LogP contribution in [0.25, 0.3) is 22.4 Å². The summed E-state index contributed by atoms with van der Waals surface area (Å²) in [5.74, 6) is -1.38. The molecule has 0 aliphatic heterocycles. The van der Waals surface area contributed by atoms with E-state index in [4.69, 9.17) is 18.9 Å². The van der Waals surface area contributed by atoms with Gasteiger partial charge in [-0.2, -0.15) is 0 Å². The molecular weight excluding hydrogens is 550 g/mol. The van der Waals surface area contributed by atoms with Crippen LogP contribution in [0.3, 0.4) is 0 Å². The van der Waals surface area contributed by atoms with Crippen LogP contribution in [0.5, 0.6) is 5.75 Å². The molecule has 0 radical (unpaired) electrons. The van der Waals surface area contributed by atoms with E-state index in [1.54, 1.807) is 46.1 Å². The number of hydrogen-bond acceptors (Lipinski definition) is 10. The summed E-state index contributed by atoms with van der Waals surface area (Å²) in [6.45, 7) is 5.05. The smallest absolute Gasteiger partial charge is 0.348 e. The van der Waals surface area contributed by atoms with Crippen LogP contribution in [0, 0.1) is 6.92 Å². The Hall–Kier alpha value is -4.71. The molecule has 2 aromatic heterocycles. The summed E-state index contributed by atoms with van der Waals surface area (Å²) in [6.07, 6.45) is -1.01. The van der Waals surface area contributed by atoms with Gasteiger partial charge in [0, 0.05) is 5.56 Å². The predicted octanol–water partition coefficient (Wildman–Crippen LogP) is 5.15. The Bertz CT molecular complexity index is 1610. The summed E-state index contributed by atoms with van der Waals surface area (Å²) < 4.78 is 20.6. The number of amides is 1. The lowest BCUT2D eigenvalue weighted by atomic mass is 10.1. The zero-order chi connectivity index (χ0) is 29.7. The number of aromatic nitrogens is 2. The van der Waals surface area contributed by atoms with Crippen LogP contribution < -0.4 is 10.1 Å². The first-order valence-electron chi connectivity index (χ1n) is 12.7. The number of thiophene rings is 1. The van der Waals surface area contributed by atoms with Crippen LogP contribution in [-0.4, -0.2) is 60.7 Å². The van der Waals surface area contributed by atoms with Crippen LogP contribution in [0.2, 0.25) is 0 Å². The maximum absolute atomic E-state index is 13.1. The van der Waals surface area contributed by atoms with Crippen molar-refractivity contribution in [2.75, 3.05) is 26.1 Å². The van der Waals surface area contributed by atoms with Crippen LogP contribution >= 0.6 is 11.3 Å². The third-order valence-corrected chi connectivity index (χ3v) is 7.41. The second kappa shape index (κ2) is 12.6. The number of nitrogens with zero attached hydrogens (tertiary/aromatic N) is 1. The number of hydrogen-bond donors (Lipinski definition) is 2. The number of anilines is 1. The summed E-state index contributed by atoms with van der Waals surface area (Å²) in [5, 5.41) is 2.72. The fraction of sp³-hybridized carbons (Fsp3) is 0.276. The van der Waals surface area contributed by atoms with Crippen molar-refractivity contribution >= 4 is 51.2 Å². The number of benzene rings is 2. The molecular formula is C29H29N3O8S. The van der Waals surface area contributed by atoms with E-state index in [0.717, 1.165) is 22.6 Å². The summed E-state index contributed by atoms with van der Waals surface area (Å²) in [7, 11) is 2.79. The van der Waals surface area contributed by atoms with Gasteiger partial charge in [-0.15, -0.1) is 11.3 Å². The number of rotatable bonds is 10. The van der Waals surface area contributed by atoms with Crippen molar-refractivity contribution in [1.82, 2.24) is 9.97 Å². The van der Waals surface area contributed by atoms with Gasteiger partial charge in [0.2, 0.25) is 0 Å². The first-order chi connectivity index (χ1) is 19.7. The number of imidazole rings is 1. The average Bonchev–Trinajstić information content (AvgIpc) is 3.55. The first kappa shape index (κ1) is 29.3. The lowest BCUT2D eigenvalue weighted by Gasteiger charge is -2.16. The van der Waals surface area contributed by atoms with Crippen LogP contribution in [0.1, 0.15) is 56.2 Å². The van der Waals surface area contributed by atoms with E-state index in [-0.39, 0.29) is 34.0 Å². The fourth-order valence-electron chi connectivity index (χ4n) is 4.07. The molecule has 0 spiro atoms. The van der Waals surface area contributed by atoms with Gasteiger partial charge in [0.1, 0.15) is 21.5 Å². The first-order valence-corrected chi connectivity index (χ1v) is 13.6. The molecule has 0 saturated carbocycles. The molecule has 2 N–H and O–H groups in total. The number of carbonyl (C=O) groups excluding carboxylic acids is 4. The average molecular weight is 580 g/mol. The van der Waals surface area contributed by atoms with Gasteiger partial charge in [0.25, 0.3) is 5.91 Å². The number of carbonyl (C=O) groups is 4. The van der Waals surface area contributed by atoms with Crippen molar-refractivity contribution in [3.63, 3.8) is 0 Å². The highest BCUT2D eigenvalue weighted by Gasteiger charge is 2.30. The van der Waals surface area contributed by atoms with Gasteiger partial charge in [-0.1, -0.05) is 6.92 Å². The molecule has 11 nitrogen and oxygen atoms in total. The highest BCUT2D eigenvalue weighted by molar-refractivity contribution is 7.18. The van der Waals surface area contributed by atoms with Crippen molar-refractivity contribution in [3.8, 4) is 17.1 Å². The maximum atomic E-state index is 13.1. The molecule has 0 fully saturated rings. The normalized spacial score (nSPS) is 11.5. The number of fused-ring (bicyclic) bond motifs is 1. The molecule has 1 atom stereocenters. The van der Waals surface area contributed by atoms with Gasteiger partial charge in [-0.05, 0) is 68.3 Å². The minimum Gasteiger partial charge on any atom is -0.497 e. The Morgan fingerprint density at radius 3 is 2.37 bits per heavy atom. The molecule has 41 heavy (non-hydrogen) atoms. The van der Waals surface area contributed by atoms with Gasteiger partial charge in [-0.25, -0.2) is 19.4 Å². The summed E-state index contributed by atoms with van der Waals surface area (Å²) in [6, 6.07) is 12.2. The van der Waals surface area contributed by atoms with Gasteiger partial charge in [0.15, 0.2) is 6.10 Å². The highest BCUT2D eigenvalue weighted by Crippen LogP contribution is 2.34. The SMILES string of the molecule is CCOC(=O)c1sc(NC(=O)C(CC)OC(=O)c2ccc3nc(-c4ccc(OC)cc4)[nH]c3c2)c(C(=O)OC)c1C. The van der Waals surface area contributed by atoms with Gasteiger partial charge in [0.05, 0.1) is 43.0 Å². The molecule has 4 rings (SSSR count). The second-order valence-corrected chi connectivity index (χ2v) is 9.83. The quantitative estimate of drug-likeness (QED) is 0.192. The van der Waals surface area contributed by atoms with E-state index >= 15 is 0 Å². The van der Waals surface area contributed by atoms with Crippen molar-refractivity contribution < 1.29 is 38.1 Å². The number of H-pyrrole nitrogens is 1. The van der Waals surface area contributed by atoms with E-state index in [0.29, 0.717) is 22.4 Å². The van der Waals surface area contributed by atoms with Gasteiger partial charge < -0.3 is 29.2 Å². The molecule has 214 valence electrons. The number of methoxy groups -OCH3 is 2. The summed E-state index contributed by atoms with van der Waals surface area (Å²) in [4.78, 5) is 58.9. The van der Waals surface area contributed by atoms with E-state index in [1.807, 2.05) is 24.3 Å². The Kier molecular flexibility index (Phi) is 9.03. The minimum atomic E-state index is -1.17. The Morgan fingerprint density at radius 2 is 1.73 bits per heavy atom. The molecule has 12 heteroatoms. The van der Waals surface area contributed by atoms with E-state index in [9.17, 15) is 19.2 Å². The van der Waals surface area contributed by atoms with Crippen molar-refractivity contribution in [2.45, 2.75) is 33.3 Å². The maximum Gasteiger partial charge on any atom is 0.348 e. The molecule has 1 amide bonds. The van der Waals surface area contributed by atoms with Crippen LogP contribution in [0.4, 0.5) is 5.00 Å². The third-order valence-electron chi connectivity index (χ3n) is 6.23. The van der Waals surface area contributed by atoms with Crippen LogP contribution in [0.15, 0.2) is 42.5 Å². The number of ether oxygens (including phenoxy) is 4. The molecule has 0 saturated heterocycles. The standard InChI is InChI=1S/C29H29N3O8S/c1-6-21(25(33)32-26-22(28(35)38-5)15(3)23(41-26)29(36)39-7-2)40-27(34)17-10-13-19-20(14-17)31-24(30-19)16-8-11-18(37-4)12-9-16/h8-14,21H,6-7H2,1-5H3,(H,30,31)(H,32,33). The van der Waals surface area contributed by atoms with E-state index < -0.39 is 29.9 Å². The minimum absolute atomic E-state index is 0.0347. The Morgan fingerprint density at radius 1 is 1.00 bits per heavy atom. The number of nitrogens with one attached hydrogen (secondary N) is 2. The molecule has 2 aromatic carbocycles. The Labute approximate surface area is 239 Å². The number of esters is 3. The number of aromatic amines is 1. The second-order valence-electron chi connectivity index (χ2n) is 8.81. The zero-order valence-electron chi connectivity index (χ0n) is 23.2. The summed E-state index contributed by atoms with van der Waals surface area (Å²) in [5.41, 5.74) is 2.69. The summed E-state index contributed by atoms with van der Waals surface area (Å²) >= 11 is 0.887. The van der Waals surface area contributed by atoms with Crippen LogP contribution in [-0.2, 0) is 19.0 Å². The lowest BCUT2D eigenvalue weighted by molar-refractivity contribution is -0.124. The van der Waals surface area contributed by atoms with Crippen molar-refractivity contribution in [2.24, 2.45) is 0 Å².